The van der Waals surface area contributed by atoms with Gasteiger partial charge in [0.25, 0.3) is 0 Å². The van der Waals surface area contributed by atoms with E-state index in [1.165, 1.54) is 6.07 Å². The minimum atomic E-state index is -4.38. The standard InChI is InChI=1S/C20H26F3N3O3.HI/c1-2-24-19(25-10-6-11-27-14-17-8-5-12-28-17)26-13-16-7-3-4-9-18(16)29-15-20(21,22)23;/h3-5,7-9,12H,2,6,10-11,13-15H2,1H3,(H2,24,25,26);1H. The molecule has 0 spiro atoms. The second-order valence-electron chi connectivity index (χ2n) is 6.12. The van der Waals surface area contributed by atoms with Gasteiger partial charge in [0.05, 0.1) is 12.8 Å². The van der Waals surface area contributed by atoms with Gasteiger partial charge in [-0.1, -0.05) is 18.2 Å². The first-order valence-electron chi connectivity index (χ1n) is 9.37. The van der Waals surface area contributed by atoms with E-state index in [-0.39, 0.29) is 36.3 Å². The molecule has 30 heavy (non-hydrogen) atoms. The molecule has 0 aliphatic heterocycles. The first-order chi connectivity index (χ1) is 14.0. The van der Waals surface area contributed by atoms with Crippen LogP contribution in [0.15, 0.2) is 52.1 Å². The smallest absolute Gasteiger partial charge is 0.422 e. The van der Waals surface area contributed by atoms with Gasteiger partial charge in [-0.15, -0.1) is 24.0 Å². The van der Waals surface area contributed by atoms with Crippen molar-refractivity contribution in [3.05, 3.63) is 54.0 Å². The number of para-hydroxylation sites is 1. The number of hydrogen-bond donors (Lipinski definition) is 2. The molecule has 2 rings (SSSR count). The van der Waals surface area contributed by atoms with Crippen molar-refractivity contribution < 1.29 is 27.1 Å². The number of guanidine groups is 1. The molecular formula is C20H27F3IN3O3. The van der Waals surface area contributed by atoms with Crippen LogP contribution in [-0.2, 0) is 17.9 Å². The Bertz CT molecular complexity index is 740. The van der Waals surface area contributed by atoms with E-state index in [2.05, 4.69) is 15.6 Å². The fraction of sp³-hybridized carbons (Fsp3) is 0.450. The van der Waals surface area contributed by atoms with Crippen LogP contribution < -0.4 is 15.4 Å². The van der Waals surface area contributed by atoms with E-state index < -0.39 is 12.8 Å². The molecule has 2 N–H and O–H groups in total. The van der Waals surface area contributed by atoms with Crippen LogP contribution in [0.3, 0.4) is 0 Å². The fourth-order valence-corrected chi connectivity index (χ4v) is 2.39. The normalized spacial score (nSPS) is 11.7. The third-order valence-electron chi connectivity index (χ3n) is 3.70. The SMILES string of the molecule is CCNC(=NCc1ccccc1OCC(F)(F)F)NCCCOCc1ccco1.I. The quantitative estimate of drug-likeness (QED) is 0.190. The number of aliphatic imine (C=N–C) groups is 1. The monoisotopic (exact) mass is 541 g/mol. The Morgan fingerprint density at radius 2 is 1.93 bits per heavy atom. The van der Waals surface area contributed by atoms with Gasteiger partial charge in [0, 0.05) is 25.3 Å². The zero-order valence-corrected chi connectivity index (χ0v) is 19.0. The number of nitrogens with zero attached hydrogens (tertiary/aromatic N) is 1. The first-order valence-corrected chi connectivity index (χ1v) is 9.37. The molecular weight excluding hydrogens is 514 g/mol. The summed E-state index contributed by atoms with van der Waals surface area (Å²) in [6.07, 6.45) is -2.02. The van der Waals surface area contributed by atoms with Gasteiger partial charge in [0.2, 0.25) is 0 Å². The van der Waals surface area contributed by atoms with Gasteiger partial charge in [-0.25, -0.2) is 4.99 Å². The third-order valence-corrected chi connectivity index (χ3v) is 3.70. The summed E-state index contributed by atoms with van der Waals surface area (Å²) < 4.78 is 52.8. The van der Waals surface area contributed by atoms with Gasteiger partial charge in [0.15, 0.2) is 12.6 Å². The van der Waals surface area contributed by atoms with Crippen LogP contribution >= 0.6 is 24.0 Å². The Morgan fingerprint density at radius 3 is 2.63 bits per heavy atom. The Balaban J connectivity index is 0.00000450. The summed E-state index contributed by atoms with van der Waals surface area (Å²) in [5.41, 5.74) is 0.579. The van der Waals surface area contributed by atoms with E-state index in [0.29, 0.717) is 37.8 Å². The molecule has 1 aromatic carbocycles. The molecule has 168 valence electrons. The lowest BCUT2D eigenvalue weighted by Gasteiger charge is -2.14. The highest BCUT2D eigenvalue weighted by atomic mass is 127. The van der Waals surface area contributed by atoms with Crippen molar-refractivity contribution in [2.24, 2.45) is 4.99 Å². The molecule has 0 unspecified atom stereocenters. The molecule has 0 saturated heterocycles. The lowest BCUT2D eigenvalue weighted by Crippen LogP contribution is -2.38. The van der Waals surface area contributed by atoms with Crippen molar-refractivity contribution in [2.45, 2.75) is 32.7 Å². The third kappa shape index (κ3) is 10.7. The van der Waals surface area contributed by atoms with Gasteiger partial charge in [-0.05, 0) is 31.5 Å². The number of ether oxygens (including phenoxy) is 2. The summed E-state index contributed by atoms with van der Waals surface area (Å²) in [4.78, 5) is 4.42. The average Bonchev–Trinajstić information content (AvgIpc) is 3.20. The molecule has 0 aliphatic carbocycles. The zero-order chi connectivity index (χ0) is 21.0. The Kier molecular flexibility index (Phi) is 12.3. The van der Waals surface area contributed by atoms with Crippen molar-refractivity contribution in [3.63, 3.8) is 0 Å². The maximum atomic E-state index is 12.4. The molecule has 0 saturated carbocycles. The Hall–Kier alpha value is -1.95. The predicted molar refractivity (Wildman–Crippen MR) is 119 cm³/mol. The van der Waals surface area contributed by atoms with Crippen LogP contribution in [0.5, 0.6) is 5.75 Å². The van der Waals surface area contributed by atoms with Gasteiger partial charge in [0.1, 0.15) is 18.1 Å². The molecule has 6 nitrogen and oxygen atoms in total. The van der Waals surface area contributed by atoms with Gasteiger partial charge in [-0.3, -0.25) is 0 Å². The van der Waals surface area contributed by atoms with Crippen molar-refractivity contribution in [3.8, 4) is 5.75 Å². The summed E-state index contributed by atoms with van der Waals surface area (Å²) in [6, 6.07) is 10.2. The highest BCUT2D eigenvalue weighted by Gasteiger charge is 2.28. The summed E-state index contributed by atoms with van der Waals surface area (Å²) in [5, 5.41) is 6.28. The summed E-state index contributed by atoms with van der Waals surface area (Å²) in [5.74, 6) is 1.53. The zero-order valence-electron chi connectivity index (χ0n) is 16.7. The maximum Gasteiger partial charge on any atom is 0.422 e. The van der Waals surface area contributed by atoms with E-state index in [1.807, 2.05) is 19.1 Å². The van der Waals surface area contributed by atoms with Crippen molar-refractivity contribution >= 4 is 29.9 Å². The van der Waals surface area contributed by atoms with E-state index in [0.717, 1.165) is 12.2 Å². The van der Waals surface area contributed by atoms with Crippen LogP contribution in [0.1, 0.15) is 24.7 Å². The molecule has 0 bridgehead atoms. The van der Waals surface area contributed by atoms with Gasteiger partial charge < -0.3 is 24.5 Å². The lowest BCUT2D eigenvalue weighted by molar-refractivity contribution is -0.153. The van der Waals surface area contributed by atoms with E-state index in [9.17, 15) is 13.2 Å². The minimum Gasteiger partial charge on any atom is -0.484 e. The van der Waals surface area contributed by atoms with Crippen molar-refractivity contribution in [1.82, 2.24) is 10.6 Å². The summed E-state index contributed by atoms with van der Waals surface area (Å²) in [7, 11) is 0. The highest BCUT2D eigenvalue weighted by Crippen LogP contribution is 2.22. The molecule has 10 heteroatoms. The largest absolute Gasteiger partial charge is 0.484 e. The average molecular weight is 541 g/mol. The summed E-state index contributed by atoms with van der Waals surface area (Å²) >= 11 is 0. The Labute approximate surface area is 191 Å². The molecule has 0 amide bonds. The molecule has 0 atom stereocenters. The maximum absolute atomic E-state index is 12.4. The van der Waals surface area contributed by atoms with Crippen molar-refractivity contribution in [2.75, 3.05) is 26.3 Å². The molecule has 0 fully saturated rings. The lowest BCUT2D eigenvalue weighted by atomic mass is 10.2. The van der Waals surface area contributed by atoms with E-state index in [4.69, 9.17) is 13.9 Å². The molecule has 0 aliphatic rings. The minimum absolute atomic E-state index is 0. The first kappa shape index (κ1) is 26.1. The number of hydrogen-bond acceptors (Lipinski definition) is 4. The fourth-order valence-electron chi connectivity index (χ4n) is 2.39. The van der Waals surface area contributed by atoms with Crippen LogP contribution in [0, 0.1) is 0 Å². The topological polar surface area (TPSA) is 68.0 Å². The van der Waals surface area contributed by atoms with E-state index in [1.54, 1.807) is 24.5 Å². The number of rotatable bonds is 11. The second kappa shape index (κ2) is 14.1. The second-order valence-corrected chi connectivity index (χ2v) is 6.12. The highest BCUT2D eigenvalue weighted by molar-refractivity contribution is 14.0. The van der Waals surface area contributed by atoms with Crippen LogP contribution in [0.2, 0.25) is 0 Å². The number of alkyl halides is 3. The van der Waals surface area contributed by atoms with Crippen molar-refractivity contribution in [1.29, 1.82) is 0 Å². The molecule has 1 heterocycles. The number of nitrogens with one attached hydrogen (secondary N) is 2. The Morgan fingerprint density at radius 1 is 1.13 bits per heavy atom. The van der Waals surface area contributed by atoms with E-state index >= 15 is 0 Å². The number of halogens is 4. The predicted octanol–water partition coefficient (Wildman–Crippen LogP) is 4.50. The number of benzene rings is 1. The van der Waals surface area contributed by atoms with Gasteiger partial charge >= 0.3 is 6.18 Å². The number of furan rings is 1. The molecule has 0 radical (unpaired) electrons. The van der Waals surface area contributed by atoms with Gasteiger partial charge in [-0.2, -0.15) is 13.2 Å². The van der Waals surface area contributed by atoms with Crippen LogP contribution in [-0.4, -0.2) is 38.4 Å². The van der Waals surface area contributed by atoms with Crippen LogP contribution in [0.4, 0.5) is 13.2 Å². The van der Waals surface area contributed by atoms with Crippen LogP contribution in [0.25, 0.3) is 0 Å². The molecule has 1 aromatic heterocycles. The summed E-state index contributed by atoms with van der Waals surface area (Å²) in [6.45, 7) is 3.08. The molecule has 2 aromatic rings.